The highest BCUT2D eigenvalue weighted by molar-refractivity contribution is 5.70. The fourth-order valence-corrected chi connectivity index (χ4v) is 3.56. The van der Waals surface area contributed by atoms with E-state index in [1.807, 2.05) is 27.7 Å². The first-order chi connectivity index (χ1) is 12.3. The van der Waals surface area contributed by atoms with Gasteiger partial charge in [0.25, 0.3) is 0 Å². The highest BCUT2D eigenvalue weighted by atomic mass is 17.3. The average Bonchev–Trinajstić information content (AvgIpc) is 2.39. The molecule has 0 aromatic carbocycles. The van der Waals surface area contributed by atoms with Gasteiger partial charge in [-0.3, -0.25) is 4.79 Å². The molecule has 0 amide bonds. The molecule has 0 rings (SSSR count). The Labute approximate surface area is 172 Å². The fraction of sp³-hybridized carbons (Fsp3) is 0.955. The molecule has 0 heterocycles. The third-order valence-corrected chi connectivity index (χ3v) is 3.57. The Hall–Kier alpha value is -0.690. The standard InChI is InChI=1S/C22H44O6/c1-13-24-17(23)14-22(12,27-25-20(8,9)15-18(2,3)4)28-26-21(10,11)16-19(5,6)7/h13-16H2,1-12H3. The van der Waals surface area contributed by atoms with Crippen molar-refractivity contribution in [3.63, 3.8) is 0 Å². The second kappa shape index (κ2) is 9.88. The van der Waals surface area contributed by atoms with Gasteiger partial charge in [0.15, 0.2) is 0 Å². The largest absolute Gasteiger partial charge is 0.466 e. The molecule has 0 atom stereocenters. The third-order valence-electron chi connectivity index (χ3n) is 3.57. The molecule has 0 spiro atoms. The van der Waals surface area contributed by atoms with Crippen LogP contribution in [0.1, 0.15) is 102 Å². The van der Waals surface area contributed by atoms with Crippen molar-refractivity contribution in [2.75, 3.05) is 6.61 Å². The Morgan fingerprint density at radius 1 is 0.643 bits per heavy atom. The van der Waals surface area contributed by atoms with E-state index in [9.17, 15) is 4.79 Å². The van der Waals surface area contributed by atoms with Crippen LogP contribution in [0.3, 0.4) is 0 Å². The highest BCUT2D eigenvalue weighted by Crippen LogP contribution is 2.34. The molecule has 0 unspecified atom stereocenters. The van der Waals surface area contributed by atoms with Gasteiger partial charge in [-0.25, -0.2) is 9.78 Å². The maximum atomic E-state index is 12.1. The summed E-state index contributed by atoms with van der Waals surface area (Å²) < 4.78 is 5.05. The Morgan fingerprint density at radius 2 is 1.00 bits per heavy atom. The number of hydrogen-bond acceptors (Lipinski definition) is 6. The van der Waals surface area contributed by atoms with Crippen LogP contribution in [0.15, 0.2) is 0 Å². The zero-order chi connectivity index (χ0) is 22.4. The summed E-state index contributed by atoms with van der Waals surface area (Å²) in [6.07, 6.45) is 1.36. The first-order valence-electron chi connectivity index (χ1n) is 10.2. The zero-order valence-corrected chi connectivity index (χ0v) is 20.3. The fourth-order valence-electron chi connectivity index (χ4n) is 3.56. The second-order valence-corrected chi connectivity index (χ2v) is 11.4. The van der Waals surface area contributed by atoms with Gasteiger partial charge in [0.1, 0.15) is 6.42 Å². The molecule has 6 heteroatoms. The van der Waals surface area contributed by atoms with Crippen LogP contribution >= 0.6 is 0 Å². The van der Waals surface area contributed by atoms with Crippen LogP contribution in [0.25, 0.3) is 0 Å². The summed E-state index contributed by atoms with van der Waals surface area (Å²) in [7, 11) is 0. The van der Waals surface area contributed by atoms with Gasteiger partial charge in [0.05, 0.1) is 17.8 Å². The molecule has 0 N–H and O–H groups in total. The highest BCUT2D eigenvalue weighted by Gasteiger charge is 2.39. The minimum atomic E-state index is -1.43. The van der Waals surface area contributed by atoms with E-state index >= 15 is 0 Å². The summed E-state index contributed by atoms with van der Waals surface area (Å²) in [6, 6.07) is 0. The van der Waals surface area contributed by atoms with Crippen molar-refractivity contribution in [2.24, 2.45) is 10.8 Å². The van der Waals surface area contributed by atoms with Crippen molar-refractivity contribution in [1.82, 2.24) is 0 Å². The van der Waals surface area contributed by atoms with E-state index in [-0.39, 0.29) is 23.9 Å². The molecule has 0 aliphatic rings. The van der Waals surface area contributed by atoms with Gasteiger partial charge in [-0.05, 0) is 65.2 Å². The van der Waals surface area contributed by atoms with Crippen molar-refractivity contribution in [1.29, 1.82) is 0 Å². The Bertz CT molecular complexity index is 450. The zero-order valence-electron chi connectivity index (χ0n) is 20.3. The lowest BCUT2D eigenvalue weighted by Crippen LogP contribution is -2.43. The second-order valence-electron chi connectivity index (χ2n) is 11.4. The molecular weight excluding hydrogens is 360 g/mol. The predicted octanol–water partition coefficient (Wildman–Crippen LogP) is 5.98. The van der Waals surface area contributed by atoms with Crippen molar-refractivity contribution < 1.29 is 29.1 Å². The molecule has 0 aromatic rings. The van der Waals surface area contributed by atoms with E-state index in [0.717, 1.165) is 12.8 Å². The number of hydrogen-bond donors (Lipinski definition) is 0. The lowest BCUT2D eigenvalue weighted by molar-refractivity contribution is -0.539. The molecule has 0 aliphatic carbocycles. The summed E-state index contributed by atoms with van der Waals surface area (Å²) in [5.74, 6) is -1.88. The molecule has 0 bridgehead atoms. The molecular formula is C22H44O6. The van der Waals surface area contributed by atoms with Crippen LogP contribution in [0, 0.1) is 10.8 Å². The van der Waals surface area contributed by atoms with Crippen LogP contribution in [-0.4, -0.2) is 29.6 Å². The van der Waals surface area contributed by atoms with E-state index in [4.69, 9.17) is 24.3 Å². The summed E-state index contributed by atoms with van der Waals surface area (Å²) in [6.45, 7) is 24.2. The van der Waals surface area contributed by atoms with E-state index in [2.05, 4.69) is 41.5 Å². The number of ether oxygens (including phenoxy) is 1. The average molecular weight is 405 g/mol. The van der Waals surface area contributed by atoms with Crippen LogP contribution in [0.2, 0.25) is 0 Å². The molecule has 0 aliphatic heterocycles. The Kier molecular flexibility index (Phi) is 9.63. The molecule has 6 nitrogen and oxygen atoms in total. The Morgan fingerprint density at radius 3 is 1.29 bits per heavy atom. The lowest BCUT2D eigenvalue weighted by atomic mass is 9.84. The number of carbonyl (C=O) groups is 1. The summed E-state index contributed by atoms with van der Waals surface area (Å²) >= 11 is 0. The lowest BCUT2D eigenvalue weighted by Gasteiger charge is -2.37. The van der Waals surface area contributed by atoms with Crippen LogP contribution in [0.5, 0.6) is 0 Å². The van der Waals surface area contributed by atoms with E-state index in [1.54, 1.807) is 13.8 Å². The maximum absolute atomic E-state index is 12.1. The maximum Gasteiger partial charge on any atom is 0.311 e. The van der Waals surface area contributed by atoms with Crippen LogP contribution in [0.4, 0.5) is 0 Å². The molecule has 28 heavy (non-hydrogen) atoms. The van der Waals surface area contributed by atoms with Gasteiger partial charge in [-0.2, -0.15) is 9.78 Å². The first kappa shape index (κ1) is 27.3. The van der Waals surface area contributed by atoms with E-state index < -0.39 is 23.0 Å². The minimum Gasteiger partial charge on any atom is -0.466 e. The van der Waals surface area contributed by atoms with Gasteiger partial charge >= 0.3 is 5.97 Å². The summed E-state index contributed by atoms with van der Waals surface area (Å²) in [5, 5.41) is 0. The van der Waals surface area contributed by atoms with Crippen molar-refractivity contribution >= 4 is 5.97 Å². The molecule has 0 fully saturated rings. The number of carbonyl (C=O) groups excluding carboxylic acids is 1. The minimum absolute atomic E-state index is 0.0520. The molecule has 0 saturated heterocycles. The summed E-state index contributed by atoms with van der Waals surface area (Å²) in [5.41, 5.74) is -1.04. The first-order valence-corrected chi connectivity index (χ1v) is 10.2. The topological polar surface area (TPSA) is 63.2 Å². The van der Waals surface area contributed by atoms with Gasteiger partial charge in [0, 0.05) is 0 Å². The van der Waals surface area contributed by atoms with Gasteiger partial charge in [-0.1, -0.05) is 41.5 Å². The third kappa shape index (κ3) is 13.5. The molecule has 168 valence electrons. The van der Waals surface area contributed by atoms with Crippen molar-refractivity contribution in [3.05, 3.63) is 0 Å². The van der Waals surface area contributed by atoms with Crippen molar-refractivity contribution in [2.45, 2.75) is 119 Å². The normalized spacial score (nSPS) is 14.3. The molecule has 0 aromatic heterocycles. The monoisotopic (exact) mass is 404 g/mol. The Balaban J connectivity index is 5.19. The van der Waals surface area contributed by atoms with E-state index in [0.29, 0.717) is 0 Å². The molecule has 0 saturated carbocycles. The van der Waals surface area contributed by atoms with E-state index in [1.165, 1.54) is 0 Å². The smallest absolute Gasteiger partial charge is 0.311 e. The molecule has 0 radical (unpaired) electrons. The van der Waals surface area contributed by atoms with Crippen molar-refractivity contribution in [3.8, 4) is 0 Å². The quantitative estimate of drug-likeness (QED) is 0.183. The SMILES string of the molecule is CCOC(=O)CC(C)(OOC(C)(C)CC(C)(C)C)OOC(C)(C)CC(C)(C)C. The van der Waals surface area contributed by atoms with Gasteiger partial charge in [-0.15, -0.1) is 0 Å². The number of rotatable bonds is 11. The summed E-state index contributed by atoms with van der Waals surface area (Å²) in [4.78, 5) is 34.7. The van der Waals surface area contributed by atoms with Gasteiger partial charge in [0.2, 0.25) is 5.79 Å². The number of esters is 1. The van der Waals surface area contributed by atoms with Crippen LogP contribution in [-0.2, 0) is 29.1 Å². The van der Waals surface area contributed by atoms with Gasteiger partial charge < -0.3 is 4.74 Å². The van der Waals surface area contributed by atoms with Crippen LogP contribution < -0.4 is 0 Å². The predicted molar refractivity (Wildman–Crippen MR) is 110 cm³/mol.